The molecule has 0 amide bonds. The average Bonchev–Trinajstić information content (AvgIpc) is 3.01. The standard InChI is InChI=1S/C22H31FN3O8PS/c1-13(2)31-11-14(3)25-35(36,34-16-7-5-15(23)6-8-16)32-12-17-19(28)22(4,30)20(33-17)26-10-9-18(27)24-21(26)29/h5-10,13-14,17,19-20,28,30H,11-12H2,1-4H3,(H,25,36)(H,24,27,29). The first-order valence-corrected chi connectivity index (χ1v) is 13.9. The Morgan fingerprint density at radius 1 is 1.28 bits per heavy atom. The minimum atomic E-state index is -3.31. The summed E-state index contributed by atoms with van der Waals surface area (Å²) in [6.45, 7) is 3.60. The number of H-pyrrole nitrogens is 1. The third kappa shape index (κ3) is 7.08. The molecule has 1 fully saturated rings. The molecule has 1 aliphatic heterocycles. The summed E-state index contributed by atoms with van der Waals surface area (Å²) in [5.41, 5.74) is -3.33. The van der Waals surface area contributed by atoms with Gasteiger partial charge in [0, 0.05) is 18.3 Å². The summed E-state index contributed by atoms with van der Waals surface area (Å²) in [5, 5.41) is 24.7. The summed E-state index contributed by atoms with van der Waals surface area (Å²) in [6, 6.07) is 6.05. The van der Waals surface area contributed by atoms with Gasteiger partial charge in [-0.25, -0.2) is 14.3 Å². The zero-order chi connectivity index (χ0) is 26.7. The first-order chi connectivity index (χ1) is 16.8. The summed E-state index contributed by atoms with van der Waals surface area (Å²) in [5.74, 6) is -0.182. The van der Waals surface area contributed by atoms with Crippen LogP contribution in [0.3, 0.4) is 0 Å². The molecule has 14 heteroatoms. The van der Waals surface area contributed by atoms with Crippen molar-refractivity contribution in [3.63, 3.8) is 0 Å². The topological polar surface area (TPSA) is 144 Å². The third-order valence-electron chi connectivity index (χ3n) is 5.36. The smallest absolute Gasteiger partial charge is 0.330 e. The molecule has 1 aromatic carbocycles. The molecule has 0 spiro atoms. The van der Waals surface area contributed by atoms with Crippen LogP contribution < -0.4 is 20.9 Å². The molecule has 0 saturated carbocycles. The first-order valence-electron chi connectivity index (χ1n) is 11.3. The van der Waals surface area contributed by atoms with Crippen LogP contribution in [0, 0.1) is 5.82 Å². The molecule has 6 unspecified atom stereocenters. The van der Waals surface area contributed by atoms with Crippen LogP contribution in [-0.2, 0) is 25.8 Å². The quantitative estimate of drug-likeness (QED) is 0.305. The molecule has 200 valence electrons. The Hall–Kier alpha value is -1.96. The second kappa shape index (κ2) is 11.6. The van der Waals surface area contributed by atoms with Gasteiger partial charge in [0.05, 0.1) is 19.3 Å². The van der Waals surface area contributed by atoms with E-state index in [0.29, 0.717) is 6.61 Å². The average molecular weight is 548 g/mol. The number of rotatable bonds is 11. The highest BCUT2D eigenvalue weighted by molar-refractivity contribution is 8.09. The predicted molar refractivity (Wildman–Crippen MR) is 133 cm³/mol. The monoisotopic (exact) mass is 547 g/mol. The number of nitrogens with zero attached hydrogens (tertiary/aromatic N) is 1. The van der Waals surface area contributed by atoms with Crippen LogP contribution in [0.25, 0.3) is 0 Å². The van der Waals surface area contributed by atoms with E-state index in [4.69, 9.17) is 30.3 Å². The van der Waals surface area contributed by atoms with Crippen molar-refractivity contribution in [2.45, 2.75) is 63.9 Å². The Kier molecular flexibility index (Phi) is 9.23. The van der Waals surface area contributed by atoms with Crippen LogP contribution in [0.15, 0.2) is 46.1 Å². The van der Waals surface area contributed by atoms with Gasteiger partial charge in [-0.1, -0.05) is 0 Å². The molecule has 2 heterocycles. The van der Waals surface area contributed by atoms with Crippen molar-refractivity contribution < 1.29 is 33.1 Å². The lowest BCUT2D eigenvalue weighted by atomic mass is 9.96. The van der Waals surface area contributed by atoms with Crippen molar-refractivity contribution in [1.29, 1.82) is 0 Å². The van der Waals surface area contributed by atoms with Gasteiger partial charge < -0.3 is 28.7 Å². The minimum absolute atomic E-state index is 0.0106. The van der Waals surface area contributed by atoms with Gasteiger partial charge in [0.2, 0.25) is 0 Å². The van der Waals surface area contributed by atoms with Crippen LogP contribution in [-0.4, -0.2) is 62.9 Å². The molecule has 6 atom stereocenters. The fraction of sp³-hybridized carbons (Fsp3) is 0.545. The van der Waals surface area contributed by atoms with Gasteiger partial charge in [-0.15, -0.1) is 0 Å². The highest BCUT2D eigenvalue weighted by atomic mass is 32.5. The zero-order valence-corrected chi connectivity index (χ0v) is 22.0. The number of aromatic nitrogens is 2. The molecule has 11 nitrogen and oxygen atoms in total. The third-order valence-corrected chi connectivity index (χ3v) is 7.92. The zero-order valence-electron chi connectivity index (χ0n) is 20.3. The van der Waals surface area contributed by atoms with E-state index >= 15 is 0 Å². The van der Waals surface area contributed by atoms with Crippen LogP contribution in [0.4, 0.5) is 4.39 Å². The molecule has 0 radical (unpaired) electrons. The van der Waals surface area contributed by atoms with Gasteiger partial charge in [-0.3, -0.25) is 14.3 Å². The van der Waals surface area contributed by atoms with Gasteiger partial charge in [-0.05, 0) is 63.8 Å². The second-order valence-electron chi connectivity index (χ2n) is 8.97. The Labute approximate surface area is 212 Å². The van der Waals surface area contributed by atoms with E-state index in [-0.39, 0.29) is 24.5 Å². The largest absolute Gasteiger partial charge is 0.433 e. The number of benzene rings is 1. The van der Waals surface area contributed by atoms with Crippen molar-refractivity contribution in [2.24, 2.45) is 0 Å². The van der Waals surface area contributed by atoms with Gasteiger partial charge in [0.25, 0.3) is 5.56 Å². The van der Waals surface area contributed by atoms with Crippen LogP contribution >= 0.6 is 6.64 Å². The Morgan fingerprint density at radius 3 is 2.56 bits per heavy atom. The van der Waals surface area contributed by atoms with Crippen molar-refractivity contribution in [1.82, 2.24) is 14.6 Å². The summed E-state index contributed by atoms with van der Waals surface area (Å²) >= 11 is 5.67. The Morgan fingerprint density at radius 2 is 1.94 bits per heavy atom. The molecule has 36 heavy (non-hydrogen) atoms. The number of aliphatic hydroxyl groups is 2. The van der Waals surface area contributed by atoms with Gasteiger partial charge in [0.1, 0.15) is 29.4 Å². The van der Waals surface area contributed by atoms with Crippen LogP contribution in [0.1, 0.15) is 33.9 Å². The number of nitrogens with one attached hydrogen (secondary N) is 2. The number of hydrogen-bond donors (Lipinski definition) is 4. The predicted octanol–water partition coefficient (Wildman–Crippen LogP) is 1.41. The highest BCUT2D eigenvalue weighted by Gasteiger charge is 2.53. The van der Waals surface area contributed by atoms with E-state index in [9.17, 15) is 24.2 Å². The number of aromatic amines is 1. The van der Waals surface area contributed by atoms with E-state index in [2.05, 4.69) is 10.1 Å². The summed E-state index contributed by atoms with van der Waals surface area (Å²) < 4.78 is 37.5. The Bertz CT molecular complexity index is 1190. The fourth-order valence-electron chi connectivity index (χ4n) is 3.53. The van der Waals surface area contributed by atoms with E-state index < -0.39 is 47.7 Å². The molecular weight excluding hydrogens is 516 g/mol. The summed E-state index contributed by atoms with van der Waals surface area (Å²) in [6.07, 6.45) is -2.74. The molecule has 2 aromatic rings. The fourth-order valence-corrected chi connectivity index (χ4v) is 6.05. The number of ether oxygens (including phenoxy) is 2. The summed E-state index contributed by atoms with van der Waals surface area (Å²) in [7, 11) is 0. The highest BCUT2D eigenvalue weighted by Crippen LogP contribution is 2.47. The van der Waals surface area contributed by atoms with Crippen LogP contribution in [0.2, 0.25) is 0 Å². The Balaban J connectivity index is 1.78. The molecule has 4 N–H and O–H groups in total. The number of aliphatic hydroxyl groups excluding tert-OH is 1. The maximum absolute atomic E-state index is 13.4. The molecule has 0 bridgehead atoms. The number of halogens is 1. The maximum atomic E-state index is 13.4. The van der Waals surface area contributed by atoms with Crippen LogP contribution in [0.5, 0.6) is 5.75 Å². The minimum Gasteiger partial charge on any atom is -0.433 e. The second-order valence-corrected chi connectivity index (χ2v) is 12.1. The lowest BCUT2D eigenvalue weighted by molar-refractivity contribution is -0.0984. The van der Waals surface area contributed by atoms with Crippen molar-refractivity contribution >= 4 is 18.4 Å². The summed E-state index contributed by atoms with van der Waals surface area (Å²) in [4.78, 5) is 25.7. The lowest BCUT2D eigenvalue weighted by Crippen LogP contribution is -2.47. The van der Waals surface area contributed by atoms with E-state index in [1.807, 2.05) is 20.8 Å². The van der Waals surface area contributed by atoms with E-state index in [0.717, 1.165) is 16.8 Å². The van der Waals surface area contributed by atoms with Gasteiger partial charge in [-0.2, -0.15) is 0 Å². The molecule has 0 aliphatic carbocycles. The molecule has 1 saturated heterocycles. The maximum Gasteiger partial charge on any atom is 0.330 e. The van der Waals surface area contributed by atoms with Crippen molar-refractivity contribution in [2.75, 3.05) is 13.2 Å². The van der Waals surface area contributed by atoms with E-state index in [1.54, 1.807) is 0 Å². The van der Waals surface area contributed by atoms with Gasteiger partial charge in [0.15, 0.2) is 6.23 Å². The van der Waals surface area contributed by atoms with Crippen molar-refractivity contribution in [3.05, 3.63) is 63.2 Å². The lowest BCUT2D eigenvalue weighted by Gasteiger charge is -2.29. The normalized spacial score (nSPS) is 26.6. The number of hydrogen-bond acceptors (Lipinski definition) is 9. The first kappa shape index (κ1) is 28.6. The molecular formula is C22H31FN3O8PS. The van der Waals surface area contributed by atoms with Gasteiger partial charge >= 0.3 is 12.3 Å². The van der Waals surface area contributed by atoms with Crippen molar-refractivity contribution in [3.8, 4) is 5.75 Å². The van der Waals surface area contributed by atoms with E-state index in [1.165, 1.54) is 31.2 Å². The molecule has 3 rings (SSSR count). The molecule has 1 aliphatic rings. The SMILES string of the molecule is CC(COC(C)C)NP(=S)(OCC1OC(n2ccc(=O)[nH]c2=O)C(C)(O)C1O)Oc1ccc(F)cc1. The molecule has 1 aromatic heterocycles.